The zero-order valence-corrected chi connectivity index (χ0v) is 9.38. The van der Waals surface area contributed by atoms with Crippen molar-refractivity contribution < 1.29 is 4.79 Å². The molecule has 0 radical (unpaired) electrons. The molecule has 1 aliphatic heterocycles. The number of nitrogens with zero attached hydrogens (tertiary/aromatic N) is 1. The Bertz CT molecular complexity index is 195. The third-order valence-electron chi connectivity index (χ3n) is 3.28. The monoisotopic (exact) mass is 198 g/mol. The maximum absolute atomic E-state index is 11.6. The van der Waals surface area contributed by atoms with Gasteiger partial charge in [-0.15, -0.1) is 0 Å². The first-order valence-corrected chi connectivity index (χ1v) is 5.59. The van der Waals surface area contributed by atoms with Gasteiger partial charge in [0.2, 0.25) is 5.91 Å². The van der Waals surface area contributed by atoms with Crippen LogP contribution in [-0.2, 0) is 4.79 Å². The van der Waals surface area contributed by atoms with Gasteiger partial charge in [-0.3, -0.25) is 4.79 Å². The minimum absolute atomic E-state index is 0.267. The predicted molar refractivity (Wildman–Crippen MR) is 57.9 cm³/mol. The molecule has 0 aromatic carbocycles. The number of hydrogen-bond donors (Lipinski definition) is 1. The standard InChI is InChI=1S/C11H22N2O/c1-3-4-10(14)13-7-5-11(2,9-12)6-8-13/h3-9,12H2,1-2H3. The first-order chi connectivity index (χ1) is 6.61. The Morgan fingerprint density at radius 2 is 2.00 bits per heavy atom. The van der Waals surface area contributed by atoms with E-state index in [1.807, 2.05) is 11.8 Å². The van der Waals surface area contributed by atoms with Crippen molar-refractivity contribution in [3.63, 3.8) is 0 Å². The second-order valence-corrected chi connectivity index (χ2v) is 4.65. The molecule has 82 valence electrons. The molecular formula is C11H22N2O. The van der Waals surface area contributed by atoms with E-state index in [1.165, 1.54) is 0 Å². The number of carbonyl (C=O) groups is 1. The molecular weight excluding hydrogens is 176 g/mol. The van der Waals surface area contributed by atoms with Crippen LogP contribution in [0.3, 0.4) is 0 Å². The molecule has 1 saturated heterocycles. The number of carbonyl (C=O) groups excluding carboxylic acids is 1. The second-order valence-electron chi connectivity index (χ2n) is 4.65. The van der Waals surface area contributed by atoms with Crippen LogP contribution >= 0.6 is 0 Å². The molecule has 0 unspecified atom stereocenters. The summed E-state index contributed by atoms with van der Waals surface area (Å²) in [5.74, 6) is 0.312. The van der Waals surface area contributed by atoms with Crippen molar-refractivity contribution in [2.24, 2.45) is 11.1 Å². The van der Waals surface area contributed by atoms with Crippen LogP contribution in [0.2, 0.25) is 0 Å². The molecule has 3 heteroatoms. The molecule has 0 aromatic rings. The van der Waals surface area contributed by atoms with Crippen LogP contribution in [0.5, 0.6) is 0 Å². The summed E-state index contributed by atoms with van der Waals surface area (Å²) in [6.07, 6.45) is 3.75. The average molecular weight is 198 g/mol. The van der Waals surface area contributed by atoms with Gasteiger partial charge in [-0.25, -0.2) is 0 Å². The van der Waals surface area contributed by atoms with Gasteiger partial charge >= 0.3 is 0 Å². The lowest BCUT2D eigenvalue weighted by atomic mass is 9.80. The number of amides is 1. The predicted octanol–water partition coefficient (Wildman–Crippen LogP) is 1.37. The van der Waals surface area contributed by atoms with E-state index >= 15 is 0 Å². The summed E-state index contributed by atoms with van der Waals surface area (Å²) in [5, 5.41) is 0. The Kier molecular flexibility index (Phi) is 3.93. The van der Waals surface area contributed by atoms with E-state index in [-0.39, 0.29) is 5.41 Å². The number of piperidine rings is 1. The summed E-state index contributed by atoms with van der Waals surface area (Å²) in [6.45, 7) is 6.79. The molecule has 1 aliphatic rings. The Labute approximate surface area is 86.6 Å². The first kappa shape index (κ1) is 11.5. The van der Waals surface area contributed by atoms with Gasteiger partial charge in [-0.05, 0) is 31.2 Å². The molecule has 0 bridgehead atoms. The fraction of sp³-hybridized carbons (Fsp3) is 0.909. The summed E-state index contributed by atoms with van der Waals surface area (Å²) in [4.78, 5) is 13.6. The lowest BCUT2D eigenvalue weighted by Gasteiger charge is -2.38. The second kappa shape index (κ2) is 4.78. The molecule has 0 aliphatic carbocycles. The molecule has 0 saturated carbocycles. The molecule has 0 aromatic heterocycles. The molecule has 1 rings (SSSR count). The zero-order chi connectivity index (χ0) is 10.6. The van der Waals surface area contributed by atoms with Crippen LogP contribution in [0.4, 0.5) is 0 Å². The number of nitrogens with two attached hydrogens (primary N) is 1. The molecule has 3 nitrogen and oxygen atoms in total. The maximum Gasteiger partial charge on any atom is 0.222 e. The van der Waals surface area contributed by atoms with Gasteiger partial charge in [-0.2, -0.15) is 0 Å². The van der Waals surface area contributed by atoms with Crippen LogP contribution in [0.25, 0.3) is 0 Å². The quantitative estimate of drug-likeness (QED) is 0.744. The SMILES string of the molecule is CCCC(=O)N1CCC(C)(CN)CC1. The fourth-order valence-corrected chi connectivity index (χ4v) is 1.87. The average Bonchev–Trinajstić information content (AvgIpc) is 2.19. The van der Waals surface area contributed by atoms with E-state index in [4.69, 9.17) is 5.73 Å². The lowest BCUT2D eigenvalue weighted by molar-refractivity contribution is -0.133. The highest BCUT2D eigenvalue weighted by Crippen LogP contribution is 2.29. The third kappa shape index (κ3) is 2.71. The van der Waals surface area contributed by atoms with E-state index in [0.717, 1.165) is 38.9 Å². The third-order valence-corrected chi connectivity index (χ3v) is 3.28. The Hall–Kier alpha value is -0.570. The smallest absolute Gasteiger partial charge is 0.222 e. The van der Waals surface area contributed by atoms with Gasteiger partial charge < -0.3 is 10.6 Å². The molecule has 1 heterocycles. The first-order valence-electron chi connectivity index (χ1n) is 5.59. The summed E-state index contributed by atoms with van der Waals surface area (Å²) in [6, 6.07) is 0. The number of rotatable bonds is 3. The van der Waals surface area contributed by atoms with Gasteiger partial charge in [0.25, 0.3) is 0 Å². The lowest BCUT2D eigenvalue weighted by Crippen LogP contribution is -2.44. The van der Waals surface area contributed by atoms with E-state index in [9.17, 15) is 4.79 Å². The minimum Gasteiger partial charge on any atom is -0.343 e. The van der Waals surface area contributed by atoms with E-state index in [0.29, 0.717) is 12.3 Å². The molecule has 0 spiro atoms. The van der Waals surface area contributed by atoms with Crippen molar-refractivity contribution in [2.75, 3.05) is 19.6 Å². The largest absolute Gasteiger partial charge is 0.343 e. The van der Waals surface area contributed by atoms with Crippen LogP contribution in [0, 0.1) is 5.41 Å². The highest BCUT2D eigenvalue weighted by molar-refractivity contribution is 5.76. The zero-order valence-electron chi connectivity index (χ0n) is 9.38. The van der Waals surface area contributed by atoms with Gasteiger partial charge in [0.05, 0.1) is 0 Å². The number of hydrogen-bond acceptors (Lipinski definition) is 2. The van der Waals surface area contributed by atoms with E-state index in [2.05, 4.69) is 6.92 Å². The summed E-state index contributed by atoms with van der Waals surface area (Å²) < 4.78 is 0. The normalized spacial score (nSPS) is 20.9. The van der Waals surface area contributed by atoms with Crippen molar-refractivity contribution in [3.8, 4) is 0 Å². The maximum atomic E-state index is 11.6. The van der Waals surface area contributed by atoms with E-state index in [1.54, 1.807) is 0 Å². The Morgan fingerprint density at radius 1 is 1.43 bits per heavy atom. The fourth-order valence-electron chi connectivity index (χ4n) is 1.87. The van der Waals surface area contributed by atoms with Crippen LogP contribution in [-0.4, -0.2) is 30.4 Å². The summed E-state index contributed by atoms with van der Waals surface area (Å²) in [7, 11) is 0. The van der Waals surface area contributed by atoms with Crippen molar-refractivity contribution in [3.05, 3.63) is 0 Å². The molecule has 2 N–H and O–H groups in total. The van der Waals surface area contributed by atoms with Gasteiger partial charge in [0, 0.05) is 19.5 Å². The summed E-state index contributed by atoms with van der Waals surface area (Å²) >= 11 is 0. The Morgan fingerprint density at radius 3 is 2.43 bits per heavy atom. The highest BCUT2D eigenvalue weighted by atomic mass is 16.2. The van der Waals surface area contributed by atoms with Crippen molar-refractivity contribution in [1.29, 1.82) is 0 Å². The van der Waals surface area contributed by atoms with Crippen molar-refractivity contribution in [2.45, 2.75) is 39.5 Å². The van der Waals surface area contributed by atoms with Crippen LogP contribution in [0.15, 0.2) is 0 Å². The molecule has 1 fully saturated rings. The van der Waals surface area contributed by atoms with E-state index < -0.39 is 0 Å². The van der Waals surface area contributed by atoms with Crippen LogP contribution < -0.4 is 5.73 Å². The van der Waals surface area contributed by atoms with Crippen LogP contribution in [0.1, 0.15) is 39.5 Å². The topological polar surface area (TPSA) is 46.3 Å². The number of likely N-dealkylation sites (tertiary alicyclic amines) is 1. The van der Waals surface area contributed by atoms with Gasteiger partial charge in [0.1, 0.15) is 0 Å². The minimum atomic E-state index is 0.267. The molecule has 1 amide bonds. The van der Waals surface area contributed by atoms with Crippen molar-refractivity contribution in [1.82, 2.24) is 4.90 Å². The summed E-state index contributed by atoms with van der Waals surface area (Å²) in [5.41, 5.74) is 5.98. The molecule has 14 heavy (non-hydrogen) atoms. The van der Waals surface area contributed by atoms with Gasteiger partial charge in [-0.1, -0.05) is 13.8 Å². The Balaban J connectivity index is 2.39. The highest BCUT2D eigenvalue weighted by Gasteiger charge is 2.30. The van der Waals surface area contributed by atoms with Crippen molar-refractivity contribution >= 4 is 5.91 Å². The molecule has 0 atom stereocenters. The van der Waals surface area contributed by atoms with Gasteiger partial charge in [0.15, 0.2) is 0 Å².